The van der Waals surface area contributed by atoms with E-state index in [-0.39, 0.29) is 23.4 Å². The number of nitrogens with one attached hydrogen (secondary N) is 1. The molecule has 2 amide bonds. The molecule has 0 fully saturated rings. The maximum absolute atomic E-state index is 13.2. The van der Waals surface area contributed by atoms with Gasteiger partial charge in [0.2, 0.25) is 5.91 Å². The first-order chi connectivity index (χ1) is 14.3. The molecule has 3 aromatic rings. The lowest BCUT2D eigenvalue weighted by Gasteiger charge is -2.16. The second-order valence-electron chi connectivity index (χ2n) is 6.74. The molecule has 0 spiro atoms. The fourth-order valence-electron chi connectivity index (χ4n) is 3.32. The third kappa shape index (κ3) is 4.20. The number of carbonyl (C=O) groups excluding carboxylic acids is 2. The number of aliphatic hydroxyl groups is 1. The van der Waals surface area contributed by atoms with E-state index in [2.05, 4.69) is 10.3 Å². The first kappa shape index (κ1) is 21.1. The lowest BCUT2D eigenvalue weighted by atomic mass is 10.0. The number of nitrogens with two attached hydrogens (primary N) is 1. The van der Waals surface area contributed by atoms with Crippen LogP contribution in [0.25, 0.3) is 11.0 Å². The number of hydrogen-bond acceptors (Lipinski definition) is 5. The van der Waals surface area contributed by atoms with Crippen molar-refractivity contribution in [3.05, 3.63) is 75.0 Å². The van der Waals surface area contributed by atoms with E-state index in [4.69, 9.17) is 5.73 Å². The zero-order chi connectivity index (χ0) is 21.8. The van der Waals surface area contributed by atoms with E-state index in [1.165, 1.54) is 18.3 Å². The predicted molar refractivity (Wildman–Crippen MR) is 108 cm³/mol. The van der Waals surface area contributed by atoms with Crippen LogP contribution in [0.5, 0.6) is 0 Å². The molecule has 0 aliphatic rings. The number of primary amides is 1. The van der Waals surface area contributed by atoms with Gasteiger partial charge in [0.15, 0.2) is 0 Å². The summed E-state index contributed by atoms with van der Waals surface area (Å²) in [5, 5.41) is 12.4. The molecule has 0 aliphatic heterocycles. The highest BCUT2D eigenvalue weighted by Crippen LogP contribution is 2.21. The molecule has 156 valence electrons. The Kier molecular flexibility index (Phi) is 6.22. The number of halogens is 1. The fraction of sp³-hybridized carbons (Fsp3) is 0.238. The molecule has 0 saturated carbocycles. The zero-order valence-corrected chi connectivity index (χ0v) is 16.3. The van der Waals surface area contributed by atoms with Gasteiger partial charge in [-0.15, -0.1) is 0 Å². The Labute approximate surface area is 171 Å². The minimum Gasteiger partial charge on any atom is -0.392 e. The van der Waals surface area contributed by atoms with Crippen LogP contribution >= 0.6 is 0 Å². The van der Waals surface area contributed by atoms with Gasteiger partial charge in [0.05, 0.1) is 17.6 Å². The Balaban J connectivity index is 2.20. The van der Waals surface area contributed by atoms with Crippen molar-refractivity contribution in [2.24, 2.45) is 5.73 Å². The standard InChI is InChI=1S/C21H21FN4O4/c1-2-24-17(28)10-26-16-8-13(7-12-3-5-14(22)6-4-12)9-25-19(16)15(11-27)18(20(23)29)21(26)30/h3-6,8-9,27H,2,7,10-11H2,1H3,(H2,23,29)(H,24,28). The molecule has 0 aliphatic carbocycles. The molecule has 3 rings (SSSR count). The number of aromatic nitrogens is 2. The van der Waals surface area contributed by atoms with Gasteiger partial charge < -0.3 is 16.2 Å². The smallest absolute Gasteiger partial charge is 0.264 e. The van der Waals surface area contributed by atoms with Crippen LogP contribution in [0.4, 0.5) is 4.39 Å². The molecule has 0 atom stereocenters. The summed E-state index contributed by atoms with van der Waals surface area (Å²) in [5.74, 6) is -1.78. The van der Waals surface area contributed by atoms with Gasteiger partial charge in [-0.3, -0.25) is 23.9 Å². The van der Waals surface area contributed by atoms with Crippen molar-refractivity contribution in [2.45, 2.75) is 26.5 Å². The molecule has 8 nitrogen and oxygen atoms in total. The van der Waals surface area contributed by atoms with E-state index >= 15 is 0 Å². The Bertz CT molecular complexity index is 1170. The molecule has 0 saturated heterocycles. The molecule has 0 radical (unpaired) electrons. The van der Waals surface area contributed by atoms with Crippen LogP contribution in [0.3, 0.4) is 0 Å². The Morgan fingerprint density at radius 3 is 2.53 bits per heavy atom. The van der Waals surface area contributed by atoms with Gasteiger partial charge in [0.1, 0.15) is 17.9 Å². The zero-order valence-electron chi connectivity index (χ0n) is 16.3. The van der Waals surface area contributed by atoms with E-state index in [9.17, 15) is 23.9 Å². The molecule has 2 heterocycles. The van der Waals surface area contributed by atoms with Crippen LogP contribution in [0, 0.1) is 5.82 Å². The normalized spacial score (nSPS) is 10.9. The molecule has 30 heavy (non-hydrogen) atoms. The SMILES string of the molecule is CCNC(=O)Cn1c(=O)c(C(N)=O)c(CO)c2ncc(Cc3ccc(F)cc3)cc21. The van der Waals surface area contributed by atoms with Gasteiger partial charge >= 0.3 is 0 Å². The van der Waals surface area contributed by atoms with Crippen molar-refractivity contribution in [1.29, 1.82) is 0 Å². The van der Waals surface area contributed by atoms with Crippen LogP contribution in [0.2, 0.25) is 0 Å². The largest absolute Gasteiger partial charge is 0.392 e. The van der Waals surface area contributed by atoms with Crippen molar-refractivity contribution in [1.82, 2.24) is 14.9 Å². The van der Waals surface area contributed by atoms with E-state index in [0.717, 1.165) is 10.1 Å². The van der Waals surface area contributed by atoms with Gasteiger partial charge in [-0.25, -0.2) is 4.39 Å². The number of amides is 2. The number of likely N-dealkylation sites (N-methyl/N-ethyl adjacent to an activating group) is 1. The third-order valence-electron chi connectivity index (χ3n) is 4.66. The van der Waals surface area contributed by atoms with Crippen molar-refractivity contribution < 1.29 is 19.1 Å². The molecule has 2 aromatic heterocycles. The first-order valence-corrected chi connectivity index (χ1v) is 9.31. The summed E-state index contributed by atoms with van der Waals surface area (Å²) in [7, 11) is 0. The summed E-state index contributed by atoms with van der Waals surface area (Å²) in [6.45, 7) is 1.16. The summed E-state index contributed by atoms with van der Waals surface area (Å²) in [6.07, 6.45) is 1.95. The lowest BCUT2D eigenvalue weighted by molar-refractivity contribution is -0.121. The van der Waals surface area contributed by atoms with Crippen LogP contribution < -0.4 is 16.6 Å². The van der Waals surface area contributed by atoms with E-state index < -0.39 is 29.5 Å². The summed E-state index contributed by atoms with van der Waals surface area (Å²) in [6, 6.07) is 7.62. The average molecular weight is 412 g/mol. The van der Waals surface area contributed by atoms with Crippen molar-refractivity contribution in [3.63, 3.8) is 0 Å². The number of nitrogens with zero attached hydrogens (tertiary/aromatic N) is 2. The second kappa shape index (κ2) is 8.83. The Hall–Kier alpha value is -3.59. The van der Waals surface area contributed by atoms with E-state index in [0.29, 0.717) is 24.0 Å². The highest BCUT2D eigenvalue weighted by atomic mass is 19.1. The molecule has 1 aromatic carbocycles. The quantitative estimate of drug-likeness (QED) is 0.530. The number of pyridine rings is 2. The summed E-state index contributed by atoms with van der Waals surface area (Å²) >= 11 is 0. The monoisotopic (exact) mass is 412 g/mol. The number of carbonyl (C=O) groups is 2. The van der Waals surface area contributed by atoms with Crippen LogP contribution in [-0.2, 0) is 24.4 Å². The fourth-order valence-corrected chi connectivity index (χ4v) is 3.32. The van der Waals surface area contributed by atoms with Crippen LogP contribution in [0.15, 0.2) is 41.3 Å². The van der Waals surface area contributed by atoms with Crippen molar-refractivity contribution in [3.8, 4) is 0 Å². The van der Waals surface area contributed by atoms with Gasteiger partial charge in [-0.1, -0.05) is 12.1 Å². The third-order valence-corrected chi connectivity index (χ3v) is 4.66. The van der Waals surface area contributed by atoms with Crippen LogP contribution in [0.1, 0.15) is 34.0 Å². The lowest BCUT2D eigenvalue weighted by Crippen LogP contribution is -2.37. The molecular weight excluding hydrogens is 391 g/mol. The number of hydrogen-bond donors (Lipinski definition) is 3. The number of fused-ring (bicyclic) bond motifs is 1. The van der Waals surface area contributed by atoms with Gasteiger partial charge in [-0.05, 0) is 42.7 Å². The van der Waals surface area contributed by atoms with E-state index in [1.807, 2.05) is 0 Å². The topological polar surface area (TPSA) is 127 Å². The number of aliphatic hydroxyl groups excluding tert-OH is 1. The summed E-state index contributed by atoms with van der Waals surface area (Å²) in [5.41, 5.74) is 6.24. The summed E-state index contributed by atoms with van der Waals surface area (Å²) in [4.78, 5) is 41.3. The predicted octanol–water partition coefficient (Wildman–Crippen LogP) is 0.854. The number of benzene rings is 1. The van der Waals surface area contributed by atoms with Crippen LogP contribution in [-0.4, -0.2) is 33.0 Å². The van der Waals surface area contributed by atoms with Gasteiger partial charge in [-0.2, -0.15) is 0 Å². The number of rotatable bonds is 7. The second-order valence-corrected chi connectivity index (χ2v) is 6.74. The molecule has 4 N–H and O–H groups in total. The Morgan fingerprint density at radius 2 is 1.93 bits per heavy atom. The first-order valence-electron chi connectivity index (χ1n) is 9.31. The van der Waals surface area contributed by atoms with Gasteiger partial charge in [0, 0.05) is 18.3 Å². The molecule has 0 bridgehead atoms. The van der Waals surface area contributed by atoms with Gasteiger partial charge in [0.25, 0.3) is 11.5 Å². The minimum atomic E-state index is -1.01. The molecule has 9 heteroatoms. The molecule has 0 unspecified atom stereocenters. The highest BCUT2D eigenvalue weighted by Gasteiger charge is 2.22. The van der Waals surface area contributed by atoms with E-state index in [1.54, 1.807) is 25.1 Å². The maximum atomic E-state index is 13.2. The average Bonchev–Trinajstić information content (AvgIpc) is 2.71. The minimum absolute atomic E-state index is 0.0166. The van der Waals surface area contributed by atoms with Crippen molar-refractivity contribution in [2.75, 3.05) is 6.54 Å². The molecular formula is C21H21FN4O4. The highest BCUT2D eigenvalue weighted by molar-refractivity contribution is 5.98. The van der Waals surface area contributed by atoms with Crippen molar-refractivity contribution >= 4 is 22.8 Å². The maximum Gasteiger partial charge on any atom is 0.264 e. The Morgan fingerprint density at radius 1 is 1.23 bits per heavy atom. The summed E-state index contributed by atoms with van der Waals surface area (Å²) < 4.78 is 14.3.